The number of carbonyl (C=O) groups excluding carboxylic acids is 1. The van der Waals surface area contributed by atoms with Crippen LogP contribution in [0.5, 0.6) is 0 Å². The van der Waals surface area contributed by atoms with Crippen molar-refractivity contribution >= 4 is 17.4 Å². The number of hydrogen-bond acceptors (Lipinski definition) is 3. The highest BCUT2D eigenvalue weighted by molar-refractivity contribution is 7.11. The van der Waals surface area contributed by atoms with Gasteiger partial charge < -0.3 is 15.7 Å². The molecule has 0 radical (unpaired) electrons. The average molecular weight is 318 g/mol. The van der Waals surface area contributed by atoms with Crippen LogP contribution in [0.1, 0.15) is 27.8 Å². The first-order valence-corrected chi connectivity index (χ1v) is 8.17. The SMILES string of the molecule is Cc1ccc(CC(C)NC(=O)NCc2ccccc2CO)s1. The Morgan fingerprint density at radius 1 is 1.23 bits per heavy atom. The van der Waals surface area contributed by atoms with E-state index in [1.807, 2.05) is 31.2 Å². The number of thiophene rings is 1. The van der Waals surface area contributed by atoms with Gasteiger partial charge in [-0.3, -0.25) is 0 Å². The minimum Gasteiger partial charge on any atom is -0.392 e. The molecule has 1 unspecified atom stereocenters. The van der Waals surface area contributed by atoms with E-state index in [0.29, 0.717) is 6.54 Å². The number of urea groups is 1. The van der Waals surface area contributed by atoms with Crippen LogP contribution in [-0.4, -0.2) is 17.2 Å². The molecule has 1 aromatic heterocycles. The molecule has 4 nitrogen and oxygen atoms in total. The summed E-state index contributed by atoms with van der Waals surface area (Å²) in [6.07, 6.45) is 0.832. The molecule has 0 saturated heterocycles. The largest absolute Gasteiger partial charge is 0.392 e. The Bertz CT molecular complexity index is 625. The molecule has 0 spiro atoms. The van der Waals surface area contributed by atoms with Gasteiger partial charge in [0.05, 0.1) is 6.61 Å². The van der Waals surface area contributed by atoms with Gasteiger partial charge in [-0.2, -0.15) is 0 Å². The minimum atomic E-state index is -0.187. The molecule has 22 heavy (non-hydrogen) atoms. The zero-order valence-corrected chi connectivity index (χ0v) is 13.7. The van der Waals surface area contributed by atoms with Gasteiger partial charge in [-0.25, -0.2) is 4.79 Å². The Kier molecular flexibility index (Phi) is 5.98. The van der Waals surface area contributed by atoms with Crippen LogP contribution in [0.15, 0.2) is 36.4 Å². The minimum absolute atomic E-state index is 0.0202. The molecule has 5 heteroatoms. The molecule has 1 heterocycles. The molecule has 0 aliphatic carbocycles. The molecule has 3 N–H and O–H groups in total. The summed E-state index contributed by atoms with van der Waals surface area (Å²) < 4.78 is 0. The van der Waals surface area contributed by atoms with Crippen LogP contribution in [0.2, 0.25) is 0 Å². The molecule has 0 aliphatic heterocycles. The highest BCUT2D eigenvalue weighted by atomic mass is 32.1. The van der Waals surface area contributed by atoms with Gasteiger partial charge in [0.15, 0.2) is 0 Å². The summed E-state index contributed by atoms with van der Waals surface area (Å²) >= 11 is 1.76. The van der Waals surface area contributed by atoms with Gasteiger partial charge in [0, 0.05) is 28.8 Å². The lowest BCUT2D eigenvalue weighted by molar-refractivity contribution is 0.237. The maximum Gasteiger partial charge on any atom is 0.315 e. The molecule has 0 aliphatic rings. The molecule has 2 rings (SSSR count). The second kappa shape index (κ2) is 7.96. The van der Waals surface area contributed by atoms with Crippen molar-refractivity contribution in [3.63, 3.8) is 0 Å². The quantitative estimate of drug-likeness (QED) is 0.767. The van der Waals surface area contributed by atoms with Crippen LogP contribution in [-0.2, 0) is 19.6 Å². The molecule has 0 saturated carbocycles. The standard InChI is InChI=1S/C17H22N2O2S/c1-12(9-16-8-7-13(2)22-16)19-17(21)18-10-14-5-3-4-6-15(14)11-20/h3-8,12,20H,9-11H2,1-2H3,(H2,18,19,21). The number of rotatable bonds is 6. The fraction of sp³-hybridized carbons (Fsp3) is 0.353. The van der Waals surface area contributed by atoms with Crippen molar-refractivity contribution in [2.45, 2.75) is 39.5 Å². The molecular weight excluding hydrogens is 296 g/mol. The lowest BCUT2D eigenvalue weighted by Crippen LogP contribution is -2.41. The van der Waals surface area contributed by atoms with E-state index < -0.39 is 0 Å². The third-order valence-electron chi connectivity index (χ3n) is 3.41. The third kappa shape index (κ3) is 4.86. The maximum absolute atomic E-state index is 11.9. The fourth-order valence-electron chi connectivity index (χ4n) is 2.28. The van der Waals surface area contributed by atoms with Crippen molar-refractivity contribution in [3.05, 3.63) is 57.3 Å². The summed E-state index contributed by atoms with van der Waals surface area (Å²) in [6, 6.07) is 11.6. The number of aliphatic hydroxyl groups is 1. The van der Waals surface area contributed by atoms with Gasteiger partial charge >= 0.3 is 6.03 Å². The zero-order chi connectivity index (χ0) is 15.9. The first kappa shape index (κ1) is 16.5. The number of hydrogen-bond donors (Lipinski definition) is 3. The van der Waals surface area contributed by atoms with Crippen molar-refractivity contribution in [2.24, 2.45) is 0 Å². The molecule has 118 valence electrons. The summed E-state index contributed by atoms with van der Waals surface area (Å²) in [5.74, 6) is 0. The summed E-state index contributed by atoms with van der Waals surface area (Å²) in [6.45, 7) is 4.47. The zero-order valence-electron chi connectivity index (χ0n) is 12.9. The Morgan fingerprint density at radius 3 is 2.59 bits per heavy atom. The van der Waals surface area contributed by atoms with Gasteiger partial charge in [0.1, 0.15) is 0 Å². The molecule has 1 atom stereocenters. The fourth-order valence-corrected chi connectivity index (χ4v) is 3.30. The van der Waals surface area contributed by atoms with Crippen molar-refractivity contribution in [3.8, 4) is 0 Å². The van der Waals surface area contributed by atoms with Crippen LogP contribution in [0, 0.1) is 6.92 Å². The highest BCUT2D eigenvalue weighted by Crippen LogP contribution is 2.16. The number of carbonyl (C=O) groups is 1. The van der Waals surface area contributed by atoms with Crippen molar-refractivity contribution in [2.75, 3.05) is 0 Å². The molecule has 0 fully saturated rings. The maximum atomic E-state index is 11.9. The van der Waals surface area contributed by atoms with E-state index in [1.165, 1.54) is 9.75 Å². The molecule has 1 aromatic carbocycles. The van der Waals surface area contributed by atoms with Crippen molar-refractivity contribution in [1.29, 1.82) is 0 Å². The molecule has 2 amide bonds. The monoisotopic (exact) mass is 318 g/mol. The molecule has 0 bridgehead atoms. The lowest BCUT2D eigenvalue weighted by atomic mass is 10.1. The van der Waals surface area contributed by atoms with Gasteiger partial charge in [-0.05, 0) is 37.1 Å². The molecule has 2 aromatic rings. The second-order valence-electron chi connectivity index (χ2n) is 5.37. The first-order valence-electron chi connectivity index (χ1n) is 7.36. The van der Waals surface area contributed by atoms with E-state index in [2.05, 4.69) is 29.7 Å². The van der Waals surface area contributed by atoms with Crippen LogP contribution >= 0.6 is 11.3 Å². The average Bonchev–Trinajstić information content (AvgIpc) is 2.90. The predicted octanol–water partition coefficient (Wildman–Crippen LogP) is 2.98. The topological polar surface area (TPSA) is 61.4 Å². The van der Waals surface area contributed by atoms with Crippen LogP contribution in [0.4, 0.5) is 4.79 Å². The van der Waals surface area contributed by atoms with Gasteiger partial charge in [-0.15, -0.1) is 11.3 Å². The van der Waals surface area contributed by atoms with E-state index >= 15 is 0 Å². The highest BCUT2D eigenvalue weighted by Gasteiger charge is 2.09. The number of nitrogens with one attached hydrogen (secondary N) is 2. The Morgan fingerprint density at radius 2 is 1.95 bits per heavy atom. The lowest BCUT2D eigenvalue weighted by Gasteiger charge is -2.14. The van der Waals surface area contributed by atoms with Crippen molar-refractivity contribution in [1.82, 2.24) is 10.6 Å². The van der Waals surface area contributed by atoms with E-state index in [1.54, 1.807) is 11.3 Å². The third-order valence-corrected chi connectivity index (χ3v) is 4.43. The summed E-state index contributed by atoms with van der Waals surface area (Å²) in [5, 5.41) is 15.0. The number of amides is 2. The Labute approximate surface area is 135 Å². The second-order valence-corrected chi connectivity index (χ2v) is 6.74. The smallest absolute Gasteiger partial charge is 0.315 e. The first-order chi connectivity index (χ1) is 10.6. The number of aliphatic hydroxyl groups excluding tert-OH is 1. The van der Waals surface area contributed by atoms with E-state index in [0.717, 1.165) is 17.5 Å². The van der Waals surface area contributed by atoms with E-state index in [-0.39, 0.29) is 18.7 Å². The predicted molar refractivity (Wildman–Crippen MR) is 90.0 cm³/mol. The van der Waals surface area contributed by atoms with E-state index in [4.69, 9.17) is 0 Å². The Hall–Kier alpha value is -1.85. The van der Waals surface area contributed by atoms with Crippen molar-refractivity contribution < 1.29 is 9.90 Å². The van der Waals surface area contributed by atoms with Gasteiger partial charge in [0.2, 0.25) is 0 Å². The number of benzene rings is 1. The summed E-state index contributed by atoms with van der Waals surface area (Å²) in [7, 11) is 0. The van der Waals surface area contributed by atoms with Crippen LogP contribution in [0.3, 0.4) is 0 Å². The normalized spacial score (nSPS) is 12.0. The number of aryl methyl sites for hydroxylation is 1. The van der Waals surface area contributed by atoms with Gasteiger partial charge in [0.25, 0.3) is 0 Å². The summed E-state index contributed by atoms with van der Waals surface area (Å²) in [5.41, 5.74) is 1.77. The Balaban J connectivity index is 1.80. The summed E-state index contributed by atoms with van der Waals surface area (Å²) in [4.78, 5) is 14.5. The molecular formula is C17H22N2O2S. The van der Waals surface area contributed by atoms with Crippen LogP contribution in [0.25, 0.3) is 0 Å². The van der Waals surface area contributed by atoms with E-state index in [9.17, 15) is 9.90 Å². The van der Waals surface area contributed by atoms with Gasteiger partial charge in [-0.1, -0.05) is 24.3 Å². The van der Waals surface area contributed by atoms with Crippen LogP contribution < -0.4 is 10.6 Å².